The molecule has 10 heteroatoms. The quantitative estimate of drug-likeness (QED) is 0.107. The molecule has 0 spiro atoms. The fourth-order valence-corrected chi connectivity index (χ4v) is 5.50. The lowest BCUT2D eigenvalue weighted by Gasteiger charge is -2.17. The van der Waals surface area contributed by atoms with Crippen LogP contribution in [0.1, 0.15) is 35.1 Å². The molecule has 2 unspecified atom stereocenters. The first-order chi connectivity index (χ1) is 24.4. The SMILES string of the molecule is COc1cc(Cc2ccc(OCC3CC3)c(OC)c2)ccc1OCC(O)COc1ccc(Cc2ccc(OCC3CO3)c(OC)c2)cc1OC. The molecule has 1 saturated carbocycles. The zero-order valence-corrected chi connectivity index (χ0v) is 29.1. The summed E-state index contributed by atoms with van der Waals surface area (Å²) in [5.74, 6) is 5.75. The van der Waals surface area contributed by atoms with E-state index in [4.69, 9.17) is 42.6 Å². The van der Waals surface area contributed by atoms with Crippen molar-refractivity contribution in [3.8, 4) is 46.0 Å². The number of aliphatic hydroxyl groups excluding tert-OH is 1. The second-order valence-corrected chi connectivity index (χ2v) is 12.6. The number of rotatable bonds is 20. The van der Waals surface area contributed by atoms with Crippen LogP contribution >= 0.6 is 0 Å². The van der Waals surface area contributed by atoms with Crippen LogP contribution in [-0.2, 0) is 17.6 Å². The number of ether oxygens (including phenoxy) is 9. The van der Waals surface area contributed by atoms with Gasteiger partial charge in [-0.25, -0.2) is 0 Å². The molecule has 2 atom stereocenters. The summed E-state index contributed by atoms with van der Waals surface area (Å²) in [5.41, 5.74) is 4.23. The maximum Gasteiger partial charge on any atom is 0.161 e. The Labute approximate surface area is 293 Å². The first-order valence-corrected chi connectivity index (χ1v) is 16.9. The van der Waals surface area contributed by atoms with E-state index in [1.807, 2.05) is 66.7 Å². The van der Waals surface area contributed by atoms with Gasteiger partial charge in [0.15, 0.2) is 46.0 Å². The van der Waals surface area contributed by atoms with Gasteiger partial charge in [0.1, 0.15) is 32.0 Å². The molecule has 0 bridgehead atoms. The number of hydrogen-bond acceptors (Lipinski definition) is 10. The Hall–Kier alpha value is -4.80. The monoisotopic (exact) mass is 686 g/mol. The van der Waals surface area contributed by atoms with Crippen molar-refractivity contribution in [3.05, 3.63) is 95.1 Å². The first kappa shape index (κ1) is 35.0. The third-order valence-electron chi connectivity index (χ3n) is 8.59. The van der Waals surface area contributed by atoms with Gasteiger partial charge in [-0.05, 0) is 102 Å². The molecular formula is C40H46O10. The lowest BCUT2D eigenvalue weighted by atomic mass is 10.0. The second kappa shape index (κ2) is 16.7. The van der Waals surface area contributed by atoms with Crippen molar-refractivity contribution in [2.75, 3.05) is 61.5 Å². The standard InChI is InChI=1S/C40H46O10/c1-42-37-17-27(7-11-33(37)47-21-26-5-6-26)15-28-8-12-34(38(18-28)43-2)48-22-31(41)23-49-35-13-9-29(19-39(35)44-3)16-30-10-14-36(40(20-30)45-4)50-25-32-24-46-32/h7-14,17-20,26,31-32,41H,5-6,15-16,21-25H2,1-4H3. The van der Waals surface area contributed by atoms with Crippen LogP contribution in [0, 0.1) is 5.92 Å². The maximum atomic E-state index is 10.7. The van der Waals surface area contributed by atoms with E-state index in [9.17, 15) is 5.11 Å². The summed E-state index contributed by atoms with van der Waals surface area (Å²) in [6.45, 7) is 2.02. The van der Waals surface area contributed by atoms with Crippen molar-refractivity contribution in [1.82, 2.24) is 0 Å². The minimum Gasteiger partial charge on any atom is -0.493 e. The fraction of sp³-hybridized carbons (Fsp3) is 0.400. The van der Waals surface area contributed by atoms with Crippen LogP contribution < -0.4 is 37.9 Å². The highest BCUT2D eigenvalue weighted by Crippen LogP contribution is 2.35. The number of hydrogen-bond donors (Lipinski definition) is 1. The fourth-order valence-electron chi connectivity index (χ4n) is 5.50. The van der Waals surface area contributed by atoms with Gasteiger partial charge in [0.2, 0.25) is 0 Å². The highest BCUT2D eigenvalue weighted by atomic mass is 16.6. The van der Waals surface area contributed by atoms with Crippen molar-refractivity contribution in [2.24, 2.45) is 5.92 Å². The van der Waals surface area contributed by atoms with Crippen LogP contribution in [0.3, 0.4) is 0 Å². The van der Waals surface area contributed by atoms with Crippen LogP contribution in [-0.4, -0.2) is 78.8 Å². The third kappa shape index (κ3) is 9.67. The van der Waals surface area contributed by atoms with Gasteiger partial charge in [0.05, 0.1) is 41.7 Å². The van der Waals surface area contributed by atoms with E-state index in [1.165, 1.54) is 12.8 Å². The molecule has 4 aromatic carbocycles. The van der Waals surface area contributed by atoms with E-state index in [-0.39, 0.29) is 19.3 Å². The molecule has 2 fully saturated rings. The number of epoxide rings is 1. The number of benzene rings is 4. The van der Waals surface area contributed by atoms with Crippen molar-refractivity contribution >= 4 is 0 Å². The molecule has 50 heavy (non-hydrogen) atoms. The molecule has 6 rings (SSSR count). The summed E-state index contributed by atoms with van der Waals surface area (Å²) in [6, 6.07) is 23.5. The van der Waals surface area contributed by atoms with E-state index in [0.717, 1.165) is 47.0 Å². The molecule has 1 aliphatic carbocycles. The van der Waals surface area contributed by atoms with Crippen LogP contribution in [0.5, 0.6) is 46.0 Å². The molecule has 1 N–H and O–H groups in total. The van der Waals surface area contributed by atoms with Gasteiger partial charge in [0, 0.05) is 0 Å². The lowest BCUT2D eigenvalue weighted by Crippen LogP contribution is -2.25. The predicted molar refractivity (Wildman–Crippen MR) is 188 cm³/mol. The average Bonchev–Trinajstić information content (AvgIpc) is 4.09. The zero-order chi connectivity index (χ0) is 34.9. The summed E-state index contributed by atoms with van der Waals surface area (Å²) in [6.07, 6.45) is 3.09. The largest absolute Gasteiger partial charge is 0.493 e. The van der Waals surface area contributed by atoms with E-state index in [0.29, 0.717) is 59.9 Å². The van der Waals surface area contributed by atoms with Gasteiger partial charge in [-0.15, -0.1) is 0 Å². The van der Waals surface area contributed by atoms with Gasteiger partial charge in [-0.2, -0.15) is 0 Å². The van der Waals surface area contributed by atoms with Gasteiger partial charge in [-0.3, -0.25) is 0 Å². The summed E-state index contributed by atoms with van der Waals surface area (Å²) >= 11 is 0. The third-order valence-corrected chi connectivity index (χ3v) is 8.59. The van der Waals surface area contributed by atoms with Crippen LogP contribution in [0.4, 0.5) is 0 Å². The summed E-state index contributed by atoms with van der Waals surface area (Å²) in [4.78, 5) is 0. The Balaban J connectivity index is 0.995. The van der Waals surface area contributed by atoms with Gasteiger partial charge in [-0.1, -0.05) is 24.3 Å². The molecule has 1 aliphatic heterocycles. The maximum absolute atomic E-state index is 10.7. The smallest absolute Gasteiger partial charge is 0.161 e. The molecule has 4 aromatic rings. The molecule has 1 saturated heterocycles. The first-order valence-electron chi connectivity index (χ1n) is 16.9. The van der Waals surface area contributed by atoms with Crippen LogP contribution in [0.25, 0.3) is 0 Å². The molecule has 2 aliphatic rings. The van der Waals surface area contributed by atoms with Crippen molar-refractivity contribution in [2.45, 2.75) is 37.9 Å². The molecular weight excluding hydrogens is 640 g/mol. The van der Waals surface area contributed by atoms with E-state index < -0.39 is 6.10 Å². The van der Waals surface area contributed by atoms with Crippen molar-refractivity contribution in [1.29, 1.82) is 0 Å². The van der Waals surface area contributed by atoms with Gasteiger partial charge < -0.3 is 47.7 Å². The molecule has 0 amide bonds. The lowest BCUT2D eigenvalue weighted by molar-refractivity contribution is 0.0607. The highest BCUT2D eigenvalue weighted by Gasteiger charge is 2.24. The molecule has 1 heterocycles. The predicted octanol–water partition coefficient (Wildman–Crippen LogP) is 6.29. The van der Waals surface area contributed by atoms with E-state index in [2.05, 4.69) is 6.07 Å². The second-order valence-electron chi connectivity index (χ2n) is 12.6. The molecule has 0 radical (unpaired) electrons. The summed E-state index contributed by atoms with van der Waals surface area (Å²) < 4.78 is 51.2. The van der Waals surface area contributed by atoms with Crippen LogP contribution in [0.2, 0.25) is 0 Å². The Morgan fingerprint density at radius 2 is 0.900 bits per heavy atom. The van der Waals surface area contributed by atoms with Crippen molar-refractivity contribution in [3.63, 3.8) is 0 Å². The molecule has 10 nitrogen and oxygen atoms in total. The molecule has 0 aromatic heterocycles. The minimum absolute atomic E-state index is 0.0167. The Morgan fingerprint density at radius 1 is 0.540 bits per heavy atom. The topological polar surface area (TPSA) is 107 Å². The zero-order valence-electron chi connectivity index (χ0n) is 29.1. The highest BCUT2D eigenvalue weighted by molar-refractivity contribution is 5.49. The van der Waals surface area contributed by atoms with E-state index in [1.54, 1.807) is 28.4 Å². The number of methoxy groups -OCH3 is 4. The molecule has 266 valence electrons. The van der Waals surface area contributed by atoms with Crippen molar-refractivity contribution < 1.29 is 47.7 Å². The number of aliphatic hydroxyl groups is 1. The summed E-state index contributed by atoms with van der Waals surface area (Å²) in [7, 11) is 6.48. The normalized spacial score (nSPS) is 15.5. The Kier molecular flexibility index (Phi) is 11.7. The van der Waals surface area contributed by atoms with Crippen LogP contribution in [0.15, 0.2) is 72.8 Å². The minimum atomic E-state index is -0.892. The van der Waals surface area contributed by atoms with E-state index >= 15 is 0 Å². The average molecular weight is 687 g/mol. The Bertz CT molecular complexity index is 1590. The summed E-state index contributed by atoms with van der Waals surface area (Å²) in [5, 5.41) is 10.7. The van der Waals surface area contributed by atoms with Gasteiger partial charge in [0.25, 0.3) is 0 Å². The Morgan fingerprint density at radius 3 is 1.24 bits per heavy atom. The van der Waals surface area contributed by atoms with Gasteiger partial charge >= 0.3 is 0 Å².